The van der Waals surface area contributed by atoms with E-state index in [1.807, 2.05) is 6.07 Å². The molecule has 7 heteroatoms. The van der Waals surface area contributed by atoms with Crippen LogP contribution in [-0.4, -0.2) is 23.9 Å². The number of ketones is 1. The molecule has 0 aromatic heterocycles. The van der Waals surface area contributed by atoms with Gasteiger partial charge in [0, 0.05) is 23.7 Å². The van der Waals surface area contributed by atoms with E-state index in [1.54, 1.807) is 30.1 Å². The number of benzene rings is 2. The molecule has 1 N–H and O–H groups in total. The van der Waals surface area contributed by atoms with Crippen molar-refractivity contribution in [3.8, 4) is 11.8 Å². The van der Waals surface area contributed by atoms with Crippen molar-refractivity contribution in [2.24, 2.45) is 0 Å². The van der Waals surface area contributed by atoms with E-state index < -0.39 is 11.8 Å². The highest BCUT2D eigenvalue weighted by Crippen LogP contribution is 2.39. The van der Waals surface area contributed by atoms with Crippen LogP contribution in [0.2, 0.25) is 5.02 Å². The van der Waals surface area contributed by atoms with Crippen LogP contribution in [-0.2, 0) is 0 Å². The number of carboxylic acid groups (broad SMARTS) is 1. The predicted octanol–water partition coefficient (Wildman–Crippen LogP) is 4.04. The van der Waals surface area contributed by atoms with Gasteiger partial charge in [0.2, 0.25) is 5.78 Å². The molecule has 6 nitrogen and oxygen atoms in total. The number of nitrogens with zero attached hydrogens (tertiary/aromatic N) is 2. The Bertz CT molecular complexity index is 1030. The molecule has 0 fully saturated rings. The number of Topliss-reactive ketones (excluding diaryl/α,β-unsaturated/α-hetero) is 1. The van der Waals surface area contributed by atoms with Crippen LogP contribution < -0.4 is 9.64 Å². The lowest BCUT2D eigenvalue weighted by atomic mass is 10.0. The Morgan fingerprint density at radius 3 is 2.48 bits per heavy atom. The van der Waals surface area contributed by atoms with Crippen LogP contribution in [0.3, 0.4) is 0 Å². The van der Waals surface area contributed by atoms with Crippen molar-refractivity contribution in [1.82, 2.24) is 0 Å². The topological polar surface area (TPSA) is 90.6 Å². The number of allylic oxidation sites excluding steroid dienone is 3. The summed E-state index contributed by atoms with van der Waals surface area (Å²) < 4.78 is 5.69. The van der Waals surface area contributed by atoms with Gasteiger partial charge in [-0.3, -0.25) is 4.79 Å². The molecule has 0 spiro atoms. The Labute approximate surface area is 160 Å². The monoisotopic (exact) mass is 380 g/mol. The third-order valence-electron chi connectivity index (χ3n) is 3.98. The van der Waals surface area contributed by atoms with Gasteiger partial charge in [-0.15, -0.1) is 0 Å². The molecule has 0 radical (unpaired) electrons. The number of carbonyl (C=O) groups excluding carboxylic acids is 1. The number of carboxylic acids is 1. The molecule has 0 saturated heterocycles. The van der Waals surface area contributed by atoms with Gasteiger partial charge in [0.05, 0.1) is 11.3 Å². The average molecular weight is 381 g/mol. The molecule has 134 valence electrons. The van der Waals surface area contributed by atoms with Gasteiger partial charge in [-0.05, 0) is 36.4 Å². The third-order valence-corrected chi connectivity index (χ3v) is 4.21. The molecule has 27 heavy (non-hydrogen) atoms. The SMILES string of the molecule is CN1C(=CC=C(C#N)C(=O)c2ccc(C(=O)O)cc2)Oc2ccc(Cl)cc21. The summed E-state index contributed by atoms with van der Waals surface area (Å²) in [4.78, 5) is 25.1. The van der Waals surface area contributed by atoms with E-state index in [1.165, 1.54) is 36.4 Å². The molecule has 0 amide bonds. The molecule has 0 unspecified atom stereocenters. The van der Waals surface area contributed by atoms with Crippen molar-refractivity contribution in [3.63, 3.8) is 0 Å². The van der Waals surface area contributed by atoms with Crippen LogP contribution in [0.15, 0.2) is 66.1 Å². The van der Waals surface area contributed by atoms with Crippen molar-refractivity contribution < 1.29 is 19.4 Å². The summed E-state index contributed by atoms with van der Waals surface area (Å²) in [5, 5.41) is 18.8. The largest absolute Gasteiger partial charge is 0.478 e. The highest BCUT2D eigenvalue weighted by atomic mass is 35.5. The van der Waals surface area contributed by atoms with E-state index in [-0.39, 0.29) is 16.7 Å². The summed E-state index contributed by atoms with van der Waals surface area (Å²) in [6, 6.07) is 12.4. The first-order chi connectivity index (χ1) is 12.9. The number of carbonyl (C=O) groups is 2. The number of anilines is 1. The Kier molecular flexibility index (Phi) is 4.97. The molecular formula is C20H13ClN2O4. The zero-order valence-electron chi connectivity index (χ0n) is 14.1. The maximum Gasteiger partial charge on any atom is 0.335 e. The fraction of sp³-hybridized carbons (Fsp3) is 0.0500. The van der Waals surface area contributed by atoms with Crippen molar-refractivity contribution in [1.29, 1.82) is 5.26 Å². The molecule has 1 heterocycles. The smallest absolute Gasteiger partial charge is 0.335 e. The van der Waals surface area contributed by atoms with E-state index >= 15 is 0 Å². The van der Waals surface area contributed by atoms with E-state index in [0.29, 0.717) is 16.7 Å². The van der Waals surface area contributed by atoms with Crippen molar-refractivity contribution >= 4 is 29.0 Å². The van der Waals surface area contributed by atoms with E-state index in [2.05, 4.69) is 0 Å². The number of ether oxygens (including phenoxy) is 1. The van der Waals surface area contributed by atoms with Gasteiger partial charge in [0.1, 0.15) is 11.6 Å². The van der Waals surface area contributed by atoms with Gasteiger partial charge in [0.25, 0.3) is 0 Å². The van der Waals surface area contributed by atoms with Gasteiger partial charge in [0.15, 0.2) is 11.6 Å². The first-order valence-electron chi connectivity index (χ1n) is 7.82. The summed E-state index contributed by atoms with van der Waals surface area (Å²) in [5.74, 6) is -0.534. The second kappa shape index (κ2) is 7.36. The standard InChI is InChI=1S/C20H13ClN2O4/c1-23-16-10-15(21)7-8-17(16)27-18(23)9-6-14(11-22)19(24)12-2-4-13(5-3-12)20(25)26/h2-10H,1H3,(H,25,26). The third kappa shape index (κ3) is 3.68. The van der Waals surface area contributed by atoms with Gasteiger partial charge >= 0.3 is 5.97 Å². The number of hydrogen-bond donors (Lipinski definition) is 1. The van der Waals surface area contributed by atoms with E-state index in [4.69, 9.17) is 21.4 Å². The molecule has 2 aromatic rings. The summed E-state index contributed by atoms with van der Waals surface area (Å²) >= 11 is 5.99. The summed E-state index contributed by atoms with van der Waals surface area (Å²) in [5.41, 5.74) is 0.961. The maximum absolute atomic E-state index is 12.5. The van der Waals surface area contributed by atoms with Gasteiger partial charge in [-0.25, -0.2) is 4.79 Å². The zero-order chi connectivity index (χ0) is 19.6. The minimum atomic E-state index is -1.09. The Morgan fingerprint density at radius 2 is 1.85 bits per heavy atom. The summed E-state index contributed by atoms with van der Waals surface area (Å²) in [7, 11) is 1.78. The van der Waals surface area contributed by atoms with Gasteiger partial charge in [-0.2, -0.15) is 5.26 Å². The molecule has 2 aromatic carbocycles. The zero-order valence-corrected chi connectivity index (χ0v) is 14.9. The summed E-state index contributed by atoms with van der Waals surface area (Å²) in [6.07, 6.45) is 2.89. The van der Waals surface area contributed by atoms with Crippen molar-refractivity contribution in [3.05, 3.63) is 82.2 Å². The fourth-order valence-electron chi connectivity index (χ4n) is 2.52. The number of hydrogen-bond acceptors (Lipinski definition) is 5. The lowest BCUT2D eigenvalue weighted by Gasteiger charge is -2.10. The first-order valence-corrected chi connectivity index (χ1v) is 8.20. The number of rotatable bonds is 4. The number of aromatic carboxylic acids is 1. The molecule has 0 aliphatic carbocycles. The number of fused-ring (bicyclic) bond motifs is 1. The first kappa shape index (κ1) is 18.2. The summed E-state index contributed by atoms with van der Waals surface area (Å²) in [6.45, 7) is 0. The van der Waals surface area contributed by atoms with Crippen LogP contribution in [0, 0.1) is 11.3 Å². The minimum absolute atomic E-state index is 0.0635. The Hall–Kier alpha value is -3.56. The molecule has 1 aliphatic rings. The average Bonchev–Trinajstić information content (AvgIpc) is 2.97. The van der Waals surface area contributed by atoms with Gasteiger partial charge in [-0.1, -0.05) is 23.7 Å². The molecule has 3 rings (SSSR count). The maximum atomic E-state index is 12.5. The molecule has 1 aliphatic heterocycles. The highest BCUT2D eigenvalue weighted by molar-refractivity contribution is 6.31. The molecule has 0 atom stereocenters. The number of halogens is 1. The lowest BCUT2D eigenvalue weighted by Crippen LogP contribution is -2.13. The lowest BCUT2D eigenvalue weighted by molar-refractivity contribution is 0.0696. The van der Waals surface area contributed by atoms with Crippen LogP contribution in [0.4, 0.5) is 5.69 Å². The Balaban J connectivity index is 1.85. The molecule has 0 saturated carbocycles. The van der Waals surface area contributed by atoms with Gasteiger partial charge < -0.3 is 14.7 Å². The van der Waals surface area contributed by atoms with Crippen LogP contribution in [0.5, 0.6) is 5.75 Å². The van der Waals surface area contributed by atoms with Crippen LogP contribution in [0.1, 0.15) is 20.7 Å². The second-order valence-corrected chi connectivity index (χ2v) is 6.12. The van der Waals surface area contributed by atoms with Crippen molar-refractivity contribution in [2.45, 2.75) is 0 Å². The second-order valence-electron chi connectivity index (χ2n) is 5.68. The Morgan fingerprint density at radius 1 is 1.19 bits per heavy atom. The minimum Gasteiger partial charge on any atom is -0.478 e. The highest BCUT2D eigenvalue weighted by Gasteiger charge is 2.23. The molecule has 0 bridgehead atoms. The number of nitriles is 1. The molecular weight excluding hydrogens is 368 g/mol. The van der Waals surface area contributed by atoms with E-state index in [9.17, 15) is 14.9 Å². The predicted molar refractivity (Wildman–Crippen MR) is 100.0 cm³/mol. The van der Waals surface area contributed by atoms with Crippen LogP contribution in [0.25, 0.3) is 0 Å². The van der Waals surface area contributed by atoms with Crippen LogP contribution >= 0.6 is 11.6 Å². The van der Waals surface area contributed by atoms with Crippen molar-refractivity contribution in [2.75, 3.05) is 11.9 Å². The normalized spacial score (nSPS) is 14.5. The fourth-order valence-corrected chi connectivity index (χ4v) is 2.69. The quantitative estimate of drug-likeness (QED) is 0.489. The van der Waals surface area contributed by atoms with E-state index in [0.717, 1.165) is 5.69 Å².